The van der Waals surface area contributed by atoms with E-state index < -0.39 is 0 Å². The molecule has 1 aliphatic rings. The number of hydrogen-bond donors (Lipinski definition) is 0. The molecule has 1 aliphatic heterocycles. The molecule has 5 nitrogen and oxygen atoms in total. The lowest BCUT2D eigenvalue weighted by Crippen LogP contribution is -2.22. The largest absolute Gasteiger partial charge is 0.493 e. The van der Waals surface area contributed by atoms with Crippen molar-refractivity contribution in [1.82, 2.24) is 4.90 Å². The van der Waals surface area contributed by atoms with Crippen LogP contribution in [0.4, 0.5) is 0 Å². The van der Waals surface area contributed by atoms with Gasteiger partial charge in [-0.05, 0) is 52.4 Å². The molecular weight excluding hydrogens is 507 g/mol. The molecule has 8 heteroatoms. The Kier molecular flexibility index (Phi) is 6.59. The number of hydrogen-bond acceptors (Lipinski definition) is 6. The summed E-state index contributed by atoms with van der Waals surface area (Å²) in [5, 5.41) is 9.22. The molecule has 0 unspecified atom stereocenters. The van der Waals surface area contributed by atoms with Crippen molar-refractivity contribution < 1.29 is 14.3 Å². The summed E-state index contributed by atoms with van der Waals surface area (Å²) in [6.45, 7) is 0.254. The number of methoxy groups -OCH3 is 1. The second-order valence-corrected chi connectivity index (χ2v) is 8.67. The van der Waals surface area contributed by atoms with E-state index in [2.05, 4.69) is 28.7 Å². The van der Waals surface area contributed by atoms with Crippen molar-refractivity contribution in [3.8, 4) is 17.6 Å². The second kappa shape index (κ2) is 8.94. The molecule has 0 atom stereocenters. The molecule has 1 amide bonds. The zero-order valence-corrected chi connectivity index (χ0v) is 18.9. The Morgan fingerprint density at radius 3 is 2.75 bits per heavy atom. The number of benzene rings is 2. The van der Waals surface area contributed by atoms with Crippen LogP contribution in [0, 0.1) is 14.9 Å². The van der Waals surface area contributed by atoms with Crippen LogP contribution in [0.5, 0.6) is 11.5 Å². The Bertz CT molecular complexity index is 1030. The Morgan fingerprint density at radius 1 is 1.36 bits per heavy atom. The van der Waals surface area contributed by atoms with Crippen LogP contribution in [0.15, 0.2) is 41.3 Å². The number of carbonyl (C=O) groups is 1. The molecular formula is C20H15IN2O3S2. The Labute approximate surface area is 186 Å². The third kappa shape index (κ3) is 4.32. The predicted octanol–water partition coefficient (Wildman–Crippen LogP) is 4.58. The summed E-state index contributed by atoms with van der Waals surface area (Å²) in [6, 6.07) is 13.2. The maximum absolute atomic E-state index is 12.2. The summed E-state index contributed by atoms with van der Waals surface area (Å²) in [4.78, 5) is 14.2. The Hall–Kier alpha value is -2.09. The van der Waals surface area contributed by atoms with Crippen molar-refractivity contribution in [3.05, 3.63) is 61.6 Å². The number of amides is 1. The molecule has 28 heavy (non-hydrogen) atoms. The second-order valence-electron chi connectivity index (χ2n) is 5.83. The normalized spacial score (nSPS) is 15.1. The van der Waals surface area contributed by atoms with E-state index in [0.717, 1.165) is 14.7 Å². The quantitative estimate of drug-likeness (QED) is 0.326. The van der Waals surface area contributed by atoms with E-state index in [1.165, 1.54) is 16.7 Å². The van der Waals surface area contributed by atoms with Gasteiger partial charge >= 0.3 is 0 Å². The van der Waals surface area contributed by atoms with Crippen LogP contribution in [0.1, 0.15) is 16.7 Å². The highest BCUT2D eigenvalue weighted by Gasteiger charge is 2.28. The van der Waals surface area contributed by atoms with Crippen molar-refractivity contribution in [3.63, 3.8) is 0 Å². The summed E-state index contributed by atoms with van der Waals surface area (Å²) >= 11 is 8.61. The fourth-order valence-corrected chi connectivity index (χ4v) is 4.53. The molecule has 2 aromatic carbocycles. The van der Waals surface area contributed by atoms with Crippen LogP contribution in [0.3, 0.4) is 0 Å². The predicted molar refractivity (Wildman–Crippen MR) is 122 cm³/mol. The highest BCUT2D eigenvalue weighted by molar-refractivity contribution is 14.1. The van der Waals surface area contributed by atoms with Gasteiger partial charge in [-0.15, -0.1) is 0 Å². The smallest absolute Gasteiger partial charge is 0.265 e. The minimum Gasteiger partial charge on any atom is -0.493 e. The lowest BCUT2D eigenvalue weighted by atomic mass is 10.1. The molecule has 0 N–H and O–H groups in total. The molecule has 0 saturated carbocycles. The molecule has 2 aromatic rings. The van der Waals surface area contributed by atoms with Gasteiger partial charge in [0.15, 0.2) is 11.5 Å². The van der Waals surface area contributed by atoms with Crippen LogP contribution in [0.2, 0.25) is 0 Å². The van der Waals surface area contributed by atoms with E-state index >= 15 is 0 Å². The van der Waals surface area contributed by atoms with Crippen molar-refractivity contribution in [2.24, 2.45) is 0 Å². The number of rotatable bonds is 5. The van der Waals surface area contributed by atoms with Gasteiger partial charge in [0.25, 0.3) is 5.91 Å². The maximum Gasteiger partial charge on any atom is 0.265 e. The first-order valence-corrected chi connectivity index (χ1v) is 10.4. The van der Waals surface area contributed by atoms with Gasteiger partial charge in [-0.1, -0.05) is 42.2 Å². The lowest BCUT2D eigenvalue weighted by molar-refractivity contribution is -0.121. The number of nitriles is 1. The number of ether oxygens (including phenoxy) is 2. The fraction of sp³-hybridized carbons (Fsp3) is 0.150. The van der Waals surface area contributed by atoms with Crippen molar-refractivity contribution in [2.75, 3.05) is 14.2 Å². The summed E-state index contributed by atoms with van der Waals surface area (Å²) in [6.07, 6.45) is 1.79. The molecule has 1 fully saturated rings. The SMILES string of the molecule is COc1cc(C=C2SC(=S)N(C)C2=O)cc(I)c1OCc1ccccc1C#N. The van der Waals surface area contributed by atoms with Crippen LogP contribution in [-0.4, -0.2) is 29.3 Å². The first-order chi connectivity index (χ1) is 13.4. The first kappa shape index (κ1) is 20.6. The summed E-state index contributed by atoms with van der Waals surface area (Å²) in [5.74, 6) is 1.04. The number of likely N-dealkylation sites (N-methyl/N-ethyl adjacent to an activating group) is 1. The summed E-state index contributed by atoms with van der Waals surface area (Å²) in [7, 11) is 3.23. The molecule has 0 aromatic heterocycles. The molecule has 0 bridgehead atoms. The van der Waals surface area contributed by atoms with E-state index in [1.807, 2.05) is 30.3 Å². The molecule has 1 saturated heterocycles. The minimum atomic E-state index is -0.114. The number of thiocarbonyl (C=S) groups is 1. The van der Waals surface area contributed by atoms with Crippen molar-refractivity contribution in [2.45, 2.75) is 6.61 Å². The summed E-state index contributed by atoms with van der Waals surface area (Å²) in [5.41, 5.74) is 2.20. The third-order valence-electron chi connectivity index (χ3n) is 4.05. The Morgan fingerprint density at radius 2 is 2.11 bits per heavy atom. The van der Waals surface area contributed by atoms with Crippen LogP contribution in [-0.2, 0) is 11.4 Å². The zero-order valence-electron chi connectivity index (χ0n) is 15.1. The van der Waals surface area contributed by atoms with E-state index in [1.54, 1.807) is 26.3 Å². The number of carbonyl (C=O) groups excluding carboxylic acids is 1. The molecule has 0 aliphatic carbocycles. The van der Waals surface area contributed by atoms with Crippen LogP contribution >= 0.6 is 46.6 Å². The monoisotopic (exact) mass is 522 g/mol. The van der Waals surface area contributed by atoms with Gasteiger partial charge in [0.05, 0.1) is 27.2 Å². The summed E-state index contributed by atoms with van der Waals surface area (Å²) < 4.78 is 12.8. The zero-order chi connectivity index (χ0) is 20.3. The van der Waals surface area contributed by atoms with Gasteiger partial charge in [0.2, 0.25) is 0 Å². The van der Waals surface area contributed by atoms with Crippen LogP contribution < -0.4 is 9.47 Å². The van der Waals surface area contributed by atoms with Crippen LogP contribution in [0.25, 0.3) is 6.08 Å². The highest BCUT2D eigenvalue weighted by atomic mass is 127. The molecule has 1 heterocycles. The van der Waals surface area contributed by atoms with E-state index in [4.69, 9.17) is 21.7 Å². The van der Waals surface area contributed by atoms with Crippen molar-refractivity contribution in [1.29, 1.82) is 5.26 Å². The van der Waals surface area contributed by atoms with E-state index in [9.17, 15) is 10.1 Å². The molecule has 0 radical (unpaired) electrons. The van der Waals surface area contributed by atoms with Gasteiger partial charge in [-0.25, -0.2) is 0 Å². The average Bonchev–Trinajstić information content (AvgIpc) is 2.93. The third-order valence-corrected chi connectivity index (χ3v) is 6.33. The number of halogens is 1. The van der Waals surface area contributed by atoms with E-state index in [-0.39, 0.29) is 12.5 Å². The highest BCUT2D eigenvalue weighted by Crippen LogP contribution is 2.37. The van der Waals surface area contributed by atoms with Gasteiger partial charge in [0.1, 0.15) is 10.9 Å². The average molecular weight is 522 g/mol. The molecule has 3 rings (SSSR count). The topological polar surface area (TPSA) is 62.6 Å². The molecule has 0 spiro atoms. The van der Waals surface area contributed by atoms with Gasteiger partial charge in [0, 0.05) is 12.6 Å². The Balaban J connectivity index is 1.87. The van der Waals surface area contributed by atoms with Crippen molar-refractivity contribution >= 4 is 62.9 Å². The molecule has 142 valence electrons. The minimum absolute atomic E-state index is 0.114. The fourth-order valence-electron chi connectivity index (χ4n) is 2.57. The van der Waals surface area contributed by atoms with E-state index in [0.29, 0.717) is 26.3 Å². The standard InChI is InChI=1S/C20H15IN2O3S2/c1-23-19(24)17(28-20(23)27)9-12-7-15(21)18(16(8-12)25-2)26-11-14-6-4-3-5-13(14)10-22/h3-9H,11H2,1-2H3. The van der Waals surface area contributed by atoms with Gasteiger partial charge in [-0.2, -0.15) is 5.26 Å². The maximum atomic E-state index is 12.2. The number of nitrogens with zero attached hydrogens (tertiary/aromatic N) is 2. The van der Waals surface area contributed by atoms with Gasteiger partial charge in [-0.3, -0.25) is 9.69 Å². The lowest BCUT2D eigenvalue weighted by Gasteiger charge is -2.14. The van der Waals surface area contributed by atoms with Gasteiger partial charge < -0.3 is 9.47 Å². The first-order valence-electron chi connectivity index (χ1n) is 8.14. The number of thioether (sulfide) groups is 1.